The second-order valence-electron chi connectivity index (χ2n) is 5.06. The molecule has 2 aromatic heterocycles. The minimum absolute atomic E-state index is 0.164. The van der Waals surface area contributed by atoms with E-state index in [1.165, 1.54) is 23.1 Å². The largest absolute Gasteiger partial charge is 0.431 e. The molecule has 126 valence electrons. The van der Waals surface area contributed by atoms with E-state index in [1.54, 1.807) is 18.2 Å². The molecule has 0 spiro atoms. The van der Waals surface area contributed by atoms with Gasteiger partial charge >= 0.3 is 0 Å². The predicted molar refractivity (Wildman–Crippen MR) is 106 cm³/mol. The number of carbonyl (C=O) groups is 1. The minimum Gasteiger partial charge on any atom is -0.431 e. The van der Waals surface area contributed by atoms with Crippen molar-refractivity contribution in [1.82, 2.24) is 9.97 Å². The smallest absolute Gasteiger partial charge is 0.257 e. The third-order valence-electron chi connectivity index (χ3n) is 3.25. The van der Waals surface area contributed by atoms with Crippen LogP contribution in [0.4, 0.5) is 5.13 Å². The van der Waals surface area contributed by atoms with Crippen LogP contribution in [0.1, 0.15) is 0 Å². The number of benzene rings is 2. The van der Waals surface area contributed by atoms with Crippen molar-refractivity contribution in [2.45, 2.75) is 5.22 Å². The molecule has 4 rings (SSSR count). The average Bonchev–Trinajstić information content (AvgIpc) is 3.14. The van der Waals surface area contributed by atoms with Gasteiger partial charge in [-0.1, -0.05) is 50.6 Å². The first kappa shape index (κ1) is 16.8. The molecule has 0 unspecified atom stereocenters. The Morgan fingerprint density at radius 3 is 3.00 bits per heavy atom. The van der Waals surface area contributed by atoms with Crippen LogP contribution in [0, 0.1) is 0 Å². The Balaban J connectivity index is 1.42. The van der Waals surface area contributed by atoms with Gasteiger partial charge in [0, 0.05) is 9.50 Å². The number of rotatable bonds is 4. The maximum atomic E-state index is 12.1. The van der Waals surface area contributed by atoms with Gasteiger partial charge in [0.25, 0.3) is 5.22 Å². The molecule has 0 fully saturated rings. The van der Waals surface area contributed by atoms with Gasteiger partial charge < -0.3 is 9.73 Å². The highest BCUT2D eigenvalue weighted by atomic mass is 79.9. The maximum Gasteiger partial charge on any atom is 0.257 e. The van der Waals surface area contributed by atoms with Crippen molar-refractivity contribution in [3.8, 4) is 0 Å². The van der Waals surface area contributed by atoms with Crippen molar-refractivity contribution in [1.29, 1.82) is 0 Å². The van der Waals surface area contributed by atoms with Crippen LogP contribution in [-0.2, 0) is 4.79 Å². The number of amides is 1. The summed E-state index contributed by atoms with van der Waals surface area (Å²) >= 11 is 12.0. The molecule has 0 saturated carbocycles. The van der Waals surface area contributed by atoms with Gasteiger partial charge in [-0.3, -0.25) is 4.79 Å². The Kier molecular flexibility index (Phi) is 4.68. The van der Waals surface area contributed by atoms with Gasteiger partial charge in [0.05, 0.1) is 16.0 Å². The van der Waals surface area contributed by atoms with Gasteiger partial charge in [0.15, 0.2) is 10.7 Å². The Labute approximate surface area is 163 Å². The Morgan fingerprint density at radius 2 is 2.12 bits per heavy atom. The summed E-state index contributed by atoms with van der Waals surface area (Å²) in [4.78, 5) is 20.8. The lowest BCUT2D eigenvalue weighted by molar-refractivity contribution is -0.113. The fourth-order valence-electron chi connectivity index (χ4n) is 2.18. The first-order valence-corrected chi connectivity index (χ1v) is 10.1. The van der Waals surface area contributed by atoms with Crippen molar-refractivity contribution in [3.05, 3.63) is 45.9 Å². The summed E-state index contributed by atoms with van der Waals surface area (Å²) in [5.74, 6) is 0.0172. The van der Waals surface area contributed by atoms with Crippen LogP contribution < -0.4 is 5.32 Å². The standard InChI is InChI=1S/C16H9BrClN3O2S2/c17-8-1-3-10-13(5-8)25-15(19-10)21-14(22)7-24-16-20-11-6-9(18)2-4-12(11)23-16/h1-6H,7H2,(H,19,21,22). The number of carbonyl (C=O) groups excluding carboxylic acids is 1. The summed E-state index contributed by atoms with van der Waals surface area (Å²) in [7, 11) is 0. The number of thiazole rings is 1. The van der Waals surface area contributed by atoms with E-state index in [-0.39, 0.29) is 11.7 Å². The van der Waals surface area contributed by atoms with E-state index in [4.69, 9.17) is 16.0 Å². The van der Waals surface area contributed by atoms with E-state index in [1.807, 2.05) is 18.2 Å². The normalized spacial score (nSPS) is 11.3. The molecule has 0 radical (unpaired) electrons. The quantitative estimate of drug-likeness (QED) is 0.407. The monoisotopic (exact) mass is 453 g/mol. The summed E-state index contributed by atoms with van der Waals surface area (Å²) in [6.07, 6.45) is 0. The molecule has 1 N–H and O–H groups in total. The molecule has 2 aromatic carbocycles. The molecule has 5 nitrogen and oxygen atoms in total. The number of thioether (sulfide) groups is 1. The first-order valence-electron chi connectivity index (χ1n) is 7.12. The van der Waals surface area contributed by atoms with E-state index in [0.29, 0.717) is 26.5 Å². The number of halogens is 2. The number of nitrogens with zero attached hydrogens (tertiary/aromatic N) is 2. The first-order chi connectivity index (χ1) is 12.1. The topological polar surface area (TPSA) is 68.0 Å². The lowest BCUT2D eigenvalue weighted by Gasteiger charge is -1.98. The highest BCUT2D eigenvalue weighted by Crippen LogP contribution is 2.29. The van der Waals surface area contributed by atoms with Gasteiger partial charge in [0.2, 0.25) is 5.91 Å². The van der Waals surface area contributed by atoms with Crippen LogP contribution in [-0.4, -0.2) is 21.6 Å². The summed E-state index contributed by atoms with van der Waals surface area (Å²) < 4.78 is 7.57. The lowest BCUT2D eigenvalue weighted by Crippen LogP contribution is -2.13. The van der Waals surface area contributed by atoms with Gasteiger partial charge in [-0.05, 0) is 36.4 Å². The molecule has 0 bridgehead atoms. The summed E-state index contributed by atoms with van der Waals surface area (Å²) in [5.41, 5.74) is 2.17. The van der Waals surface area contributed by atoms with Crippen LogP contribution in [0.2, 0.25) is 5.02 Å². The maximum absolute atomic E-state index is 12.1. The van der Waals surface area contributed by atoms with Gasteiger partial charge in [-0.15, -0.1) is 0 Å². The molecule has 1 amide bonds. The fourth-order valence-corrected chi connectivity index (χ4v) is 4.41. The number of oxazole rings is 1. The summed E-state index contributed by atoms with van der Waals surface area (Å²) in [5, 5.41) is 4.40. The van der Waals surface area contributed by atoms with Crippen molar-refractivity contribution in [2.75, 3.05) is 11.1 Å². The number of fused-ring (bicyclic) bond motifs is 2. The fraction of sp³-hybridized carbons (Fsp3) is 0.0625. The molecular formula is C16H9BrClN3O2S2. The lowest BCUT2D eigenvalue weighted by atomic mass is 10.3. The SMILES string of the molecule is O=C(CSc1nc2cc(Cl)ccc2o1)Nc1nc2ccc(Br)cc2s1. The Morgan fingerprint density at radius 1 is 1.24 bits per heavy atom. The second-order valence-corrected chi connectivity index (χ2v) is 8.37. The molecule has 0 aliphatic carbocycles. The second kappa shape index (κ2) is 6.95. The molecule has 4 aromatic rings. The van der Waals surface area contributed by atoms with Crippen LogP contribution in [0.25, 0.3) is 21.3 Å². The average molecular weight is 455 g/mol. The van der Waals surface area contributed by atoms with Gasteiger partial charge in [-0.25, -0.2) is 9.97 Å². The molecule has 0 aliphatic rings. The summed E-state index contributed by atoms with van der Waals surface area (Å²) in [6, 6.07) is 11.0. The molecule has 25 heavy (non-hydrogen) atoms. The zero-order valence-electron chi connectivity index (χ0n) is 12.5. The van der Waals surface area contributed by atoms with E-state index in [0.717, 1.165) is 14.7 Å². The van der Waals surface area contributed by atoms with Crippen molar-refractivity contribution < 1.29 is 9.21 Å². The number of hydrogen-bond donors (Lipinski definition) is 1. The molecule has 0 aliphatic heterocycles. The van der Waals surface area contributed by atoms with Crippen LogP contribution in [0.3, 0.4) is 0 Å². The van der Waals surface area contributed by atoms with Crippen molar-refractivity contribution in [2.24, 2.45) is 0 Å². The van der Waals surface area contributed by atoms with Crippen LogP contribution in [0.5, 0.6) is 0 Å². The van der Waals surface area contributed by atoms with Gasteiger partial charge in [0.1, 0.15) is 5.52 Å². The Bertz CT molecular complexity index is 1100. The highest BCUT2D eigenvalue weighted by molar-refractivity contribution is 9.10. The number of anilines is 1. The van der Waals surface area contributed by atoms with Crippen molar-refractivity contribution in [3.63, 3.8) is 0 Å². The number of hydrogen-bond acceptors (Lipinski definition) is 6. The van der Waals surface area contributed by atoms with Crippen molar-refractivity contribution >= 4 is 83.0 Å². The molecular weight excluding hydrogens is 446 g/mol. The van der Waals surface area contributed by atoms with E-state index in [2.05, 4.69) is 31.2 Å². The predicted octanol–water partition coefficient (Wildman–Crippen LogP) is 5.58. The third-order valence-corrected chi connectivity index (χ3v) is 5.74. The Hall–Kier alpha value is -1.61. The van der Waals surface area contributed by atoms with Gasteiger partial charge in [-0.2, -0.15) is 0 Å². The minimum atomic E-state index is -0.164. The summed E-state index contributed by atoms with van der Waals surface area (Å²) in [6.45, 7) is 0. The van der Waals surface area contributed by atoms with Crippen LogP contribution >= 0.6 is 50.6 Å². The van der Waals surface area contributed by atoms with E-state index in [9.17, 15) is 4.79 Å². The molecule has 2 heterocycles. The zero-order valence-corrected chi connectivity index (χ0v) is 16.4. The molecule has 0 saturated heterocycles. The number of aromatic nitrogens is 2. The third kappa shape index (κ3) is 3.82. The number of nitrogens with one attached hydrogen (secondary N) is 1. The van der Waals surface area contributed by atoms with Crippen LogP contribution in [0.15, 0.2) is 50.5 Å². The van der Waals surface area contributed by atoms with E-state index < -0.39 is 0 Å². The highest BCUT2D eigenvalue weighted by Gasteiger charge is 2.12. The van der Waals surface area contributed by atoms with E-state index >= 15 is 0 Å². The molecule has 0 atom stereocenters. The molecule has 9 heteroatoms. The zero-order chi connectivity index (χ0) is 17.4.